The van der Waals surface area contributed by atoms with Gasteiger partial charge in [0.05, 0.1) is 25.8 Å². The van der Waals surface area contributed by atoms with Crippen LogP contribution in [0.4, 0.5) is 4.39 Å². The van der Waals surface area contributed by atoms with Gasteiger partial charge in [-0.05, 0) is 37.6 Å². The smallest absolute Gasteiger partial charge is 0.245 e. The molecular weight excluding hydrogens is 385 g/mol. The highest BCUT2D eigenvalue weighted by atomic mass is 19.1. The van der Waals surface area contributed by atoms with Crippen LogP contribution in [-0.2, 0) is 20.8 Å². The Bertz CT molecular complexity index is 1080. The Kier molecular flexibility index (Phi) is 5.65. The van der Waals surface area contributed by atoms with Gasteiger partial charge in [0, 0.05) is 28.7 Å². The third kappa shape index (κ3) is 4.27. The van der Waals surface area contributed by atoms with Gasteiger partial charge in [0.1, 0.15) is 5.82 Å². The van der Waals surface area contributed by atoms with Crippen molar-refractivity contribution in [2.75, 3.05) is 13.2 Å². The zero-order chi connectivity index (χ0) is 21.1. The molecule has 0 bridgehead atoms. The monoisotopic (exact) mass is 409 g/mol. The van der Waals surface area contributed by atoms with Gasteiger partial charge in [-0.15, -0.1) is 0 Å². The van der Waals surface area contributed by atoms with E-state index in [2.05, 4.69) is 15.1 Å². The third-order valence-electron chi connectivity index (χ3n) is 5.30. The van der Waals surface area contributed by atoms with Gasteiger partial charge in [-0.1, -0.05) is 30.3 Å². The van der Waals surface area contributed by atoms with Crippen LogP contribution in [0.3, 0.4) is 0 Å². The lowest BCUT2D eigenvalue weighted by Gasteiger charge is -2.20. The maximum atomic E-state index is 13.2. The van der Waals surface area contributed by atoms with Crippen molar-refractivity contribution in [3.8, 4) is 0 Å². The number of hydrogen-bond donors (Lipinski definition) is 1. The van der Waals surface area contributed by atoms with Gasteiger partial charge in [0.2, 0.25) is 5.91 Å². The molecule has 2 heterocycles. The summed E-state index contributed by atoms with van der Waals surface area (Å²) in [5.74, 6) is -1.41. The zero-order valence-corrected chi connectivity index (χ0v) is 17.0. The number of ether oxygens (including phenoxy) is 2. The number of aromatic nitrogens is 1. The van der Waals surface area contributed by atoms with E-state index < -0.39 is 5.79 Å². The first-order valence-electron chi connectivity index (χ1n) is 9.87. The molecule has 1 aliphatic heterocycles. The number of benzene rings is 2. The lowest BCUT2D eigenvalue weighted by molar-refractivity contribution is -0.159. The fraction of sp³-hybridized carbons (Fsp3) is 0.304. The number of nitrogens with one attached hydrogen (secondary N) is 1. The van der Waals surface area contributed by atoms with Crippen molar-refractivity contribution in [1.29, 1.82) is 0 Å². The predicted octanol–water partition coefficient (Wildman–Crippen LogP) is 3.74. The van der Waals surface area contributed by atoms with E-state index in [9.17, 15) is 9.18 Å². The highest BCUT2D eigenvalue weighted by Crippen LogP contribution is 2.26. The first kappa shape index (κ1) is 20.3. The maximum Gasteiger partial charge on any atom is 0.245 e. The van der Waals surface area contributed by atoms with Crippen molar-refractivity contribution in [2.24, 2.45) is 5.10 Å². The van der Waals surface area contributed by atoms with Crippen molar-refractivity contribution in [3.05, 3.63) is 71.2 Å². The number of halogens is 1. The second-order valence-corrected chi connectivity index (χ2v) is 7.53. The minimum Gasteiger partial charge on any atom is -0.347 e. The summed E-state index contributed by atoms with van der Waals surface area (Å²) in [7, 11) is 0. The Morgan fingerprint density at radius 2 is 1.90 bits per heavy atom. The number of hydrogen-bond acceptors (Lipinski definition) is 4. The van der Waals surface area contributed by atoms with Gasteiger partial charge < -0.3 is 14.0 Å². The summed E-state index contributed by atoms with van der Waals surface area (Å²) in [6.45, 7) is 5.34. The number of fused-ring (bicyclic) bond motifs is 1. The molecule has 1 amide bonds. The van der Waals surface area contributed by atoms with Gasteiger partial charge in [-0.3, -0.25) is 4.79 Å². The quantitative estimate of drug-likeness (QED) is 0.498. The summed E-state index contributed by atoms with van der Waals surface area (Å²) < 4.78 is 26.3. The average Bonchev–Trinajstić information content (AvgIpc) is 3.26. The second kappa shape index (κ2) is 8.38. The van der Waals surface area contributed by atoms with Crippen LogP contribution < -0.4 is 5.43 Å². The van der Waals surface area contributed by atoms with Crippen LogP contribution in [-0.4, -0.2) is 35.7 Å². The molecule has 156 valence electrons. The van der Waals surface area contributed by atoms with E-state index in [0.29, 0.717) is 19.8 Å². The minimum atomic E-state index is -0.888. The van der Waals surface area contributed by atoms with Crippen LogP contribution in [0.1, 0.15) is 30.2 Å². The van der Waals surface area contributed by atoms with Gasteiger partial charge in [0.25, 0.3) is 0 Å². The molecule has 1 aliphatic rings. The van der Waals surface area contributed by atoms with E-state index in [-0.39, 0.29) is 18.1 Å². The summed E-state index contributed by atoms with van der Waals surface area (Å²) in [5, 5.41) is 5.19. The standard InChI is InChI=1S/C23H24FN3O3/c1-16-20(14-25-26-22(28)13-23(2)29-11-12-30-23)19-5-3-4-6-21(19)27(16)15-17-7-9-18(24)10-8-17/h3-10,14H,11-13,15H2,1-2H3,(H,26,28)/b25-14-. The first-order chi connectivity index (χ1) is 14.5. The van der Waals surface area contributed by atoms with E-state index in [1.54, 1.807) is 25.3 Å². The number of para-hydroxylation sites is 1. The van der Waals surface area contributed by atoms with E-state index in [4.69, 9.17) is 9.47 Å². The second-order valence-electron chi connectivity index (χ2n) is 7.53. The van der Waals surface area contributed by atoms with Crippen LogP contribution in [0.25, 0.3) is 10.9 Å². The Balaban J connectivity index is 1.55. The molecule has 7 heteroatoms. The topological polar surface area (TPSA) is 64.8 Å². The highest BCUT2D eigenvalue weighted by Gasteiger charge is 2.33. The fourth-order valence-corrected chi connectivity index (χ4v) is 3.76. The molecule has 4 rings (SSSR count). The Morgan fingerprint density at radius 1 is 1.20 bits per heavy atom. The molecule has 0 radical (unpaired) electrons. The molecular formula is C23H24FN3O3. The van der Waals surface area contributed by atoms with Gasteiger partial charge in [0.15, 0.2) is 5.79 Å². The van der Waals surface area contributed by atoms with Crippen LogP contribution in [0.5, 0.6) is 0 Å². The van der Waals surface area contributed by atoms with Crippen LogP contribution in [0.15, 0.2) is 53.6 Å². The molecule has 0 spiro atoms. The molecule has 1 N–H and O–H groups in total. The number of nitrogens with zero attached hydrogens (tertiary/aromatic N) is 2. The summed E-state index contributed by atoms with van der Waals surface area (Å²) in [4.78, 5) is 12.2. The predicted molar refractivity (Wildman–Crippen MR) is 113 cm³/mol. The van der Waals surface area contributed by atoms with Gasteiger partial charge in [-0.2, -0.15) is 5.10 Å². The summed E-state index contributed by atoms with van der Waals surface area (Å²) in [6, 6.07) is 14.5. The normalized spacial score (nSPS) is 15.8. The largest absolute Gasteiger partial charge is 0.347 e. The summed E-state index contributed by atoms with van der Waals surface area (Å²) in [5.41, 5.74) is 6.54. The number of amides is 1. The molecule has 1 saturated heterocycles. The summed E-state index contributed by atoms with van der Waals surface area (Å²) in [6.07, 6.45) is 1.74. The Hall–Kier alpha value is -3.03. The summed E-state index contributed by atoms with van der Waals surface area (Å²) >= 11 is 0. The first-order valence-corrected chi connectivity index (χ1v) is 9.87. The molecule has 0 aliphatic carbocycles. The van der Waals surface area contributed by atoms with Crippen molar-refractivity contribution >= 4 is 23.0 Å². The Morgan fingerprint density at radius 3 is 2.63 bits per heavy atom. The fourth-order valence-electron chi connectivity index (χ4n) is 3.76. The molecule has 0 atom stereocenters. The van der Waals surface area contributed by atoms with Gasteiger partial charge >= 0.3 is 0 Å². The lowest BCUT2D eigenvalue weighted by atomic mass is 10.1. The van der Waals surface area contributed by atoms with E-state index in [1.165, 1.54) is 12.1 Å². The van der Waals surface area contributed by atoms with Crippen molar-refractivity contribution in [2.45, 2.75) is 32.6 Å². The SMILES string of the molecule is Cc1c(/C=N\NC(=O)CC2(C)OCCO2)c2ccccc2n1Cc1ccc(F)cc1. The molecule has 1 aromatic heterocycles. The number of carbonyl (C=O) groups is 1. The number of rotatable bonds is 6. The Labute approximate surface area is 174 Å². The third-order valence-corrected chi connectivity index (χ3v) is 5.30. The molecule has 1 fully saturated rings. The molecule has 2 aromatic carbocycles. The van der Waals surface area contributed by atoms with Crippen LogP contribution in [0, 0.1) is 12.7 Å². The van der Waals surface area contributed by atoms with E-state index in [1.807, 2.05) is 31.2 Å². The molecule has 3 aromatic rings. The molecule has 6 nitrogen and oxygen atoms in total. The van der Waals surface area contributed by atoms with E-state index >= 15 is 0 Å². The highest BCUT2D eigenvalue weighted by molar-refractivity contribution is 6.01. The molecule has 0 saturated carbocycles. The number of hydrazone groups is 1. The number of carbonyl (C=O) groups excluding carboxylic acids is 1. The van der Waals surface area contributed by atoms with Crippen molar-refractivity contribution < 1.29 is 18.7 Å². The molecule has 30 heavy (non-hydrogen) atoms. The van der Waals surface area contributed by atoms with E-state index in [0.717, 1.165) is 27.7 Å². The van der Waals surface area contributed by atoms with Gasteiger partial charge in [-0.25, -0.2) is 9.82 Å². The lowest BCUT2D eigenvalue weighted by Crippen LogP contribution is -2.33. The van der Waals surface area contributed by atoms with Crippen molar-refractivity contribution in [3.63, 3.8) is 0 Å². The zero-order valence-electron chi connectivity index (χ0n) is 17.0. The maximum absolute atomic E-state index is 13.2. The van der Waals surface area contributed by atoms with Crippen LogP contribution in [0.2, 0.25) is 0 Å². The minimum absolute atomic E-state index is 0.0790. The average molecular weight is 409 g/mol. The van der Waals surface area contributed by atoms with Crippen LogP contribution >= 0.6 is 0 Å². The molecule has 0 unspecified atom stereocenters. The van der Waals surface area contributed by atoms with Crippen molar-refractivity contribution in [1.82, 2.24) is 9.99 Å².